The fraction of sp³-hybridized carbons (Fsp3) is 0. The van der Waals surface area contributed by atoms with Crippen LogP contribution in [0.15, 0.2) is 24.5 Å². The van der Waals surface area contributed by atoms with E-state index in [-0.39, 0.29) is 11.3 Å². The van der Waals surface area contributed by atoms with Crippen molar-refractivity contribution in [2.75, 3.05) is 5.73 Å². The number of halogens is 2. The highest BCUT2D eigenvalue weighted by molar-refractivity contribution is 5.44. The number of nitrogens with zero attached hydrogens (tertiary/aromatic N) is 3. The Bertz CT molecular complexity index is 560. The van der Waals surface area contributed by atoms with Crippen LogP contribution < -0.4 is 5.73 Å². The van der Waals surface area contributed by atoms with E-state index in [1.807, 2.05) is 0 Å². The van der Waals surface area contributed by atoms with Crippen LogP contribution in [-0.2, 0) is 0 Å². The van der Waals surface area contributed by atoms with E-state index in [9.17, 15) is 8.78 Å². The van der Waals surface area contributed by atoms with E-state index >= 15 is 0 Å². The van der Waals surface area contributed by atoms with Crippen molar-refractivity contribution in [3.05, 3.63) is 41.7 Å². The monoisotopic (exact) mass is 220 g/mol. The molecule has 1 aromatic carbocycles. The Balaban J connectivity index is 2.63. The van der Waals surface area contributed by atoms with Crippen molar-refractivity contribution in [1.29, 1.82) is 5.26 Å². The summed E-state index contributed by atoms with van der Waals surface area (Å²) in [5.74, 6) is -1.72. The summed E-state index contributed by atoms with van der Waals surface area (Å²) in [4.78, 5) is 0. The first-order chi connectivity index (χ1) is 7.61. The van der Waals surface area contributed by atoms with Crippen LogP contribution in [0.1, 0.15) is 5.56 Å². The van der Waals surface area contributed by atoms with Crippen molar-refractivity contribution in [1.82, 2.24) is 9.78 Å². The summed E-state index contributed by atoms with van der Waals surface area (Å²) in [7, 11) is 0. The van der Waals surface area contributed by atoms with Crippen LogP contribution in [0.3, 0.4) is 0 Å². The van der Waals surface area contributed by atoms with Crippen molar-refractivity contribution < 1.29 is 8.78 Å². The second kappa shape index (κ2) is 3.62. The molecule has 2 N–H and O–H groups in total. The molecular weight excluding hydrogens is 214 g/mol. The highest BCUT2D eigenvalue weighted by Crippen LogP contribution is 2.19. The van der Waals surface area contributed by atoms with E-state index < -0.39 is 11.6 Å². The molecule has 0 saturated carbocycles. The molecule has 2 rings (SSSR count). The van der Waals surface area contributed by atoms with Crippen molar-refractivity contribution in [2.45, 2.75) is 0 Å². The number of aromatic nitrogens is 2. The highest BCUT2D eigenvalue weighted by atomic mass is 19.1. The molecule has 4 nitrogen and oxygen atoms in total. The van der Waals surface area contributed by atoms with Gasteiger partial charge in [-0.3, -0.25) is 0 Å². The standard InChI is InChI=1S/C10H6F2N4/c11-8-1-6(3-13)2-9(12)10(8)16-5-7(14)4-15-16/h1-2,4-5H,14H2. The smallest absolute Gasteiger partial charge is 0.153 e. The first kappa shape index (κ1) is 10.1. The van der Waals surface area contributed by atoms with Gasteiger partial charge in [-0.15, -0.1) is 0 Å². The van der Waals surface area contributed by atoms with Crippen molar-refractivity contribution in [3.63, 3.8) is 0 Å². The molecule has 2 aromatic rings. The minimum absolute atomic E-state index is 0.0844. The first-order valence-corrected chi connectivity index (χ1v) is 4.31. The molecule has 1 aromatic heterocycles. The fourth-order valence-electron chi connectivity index (χ4n) is 1.31. The number of rotatable bonds is 1. The van der Waals surface area contributed by atoms with Gasteiger partial charge in [-0.05, 0) is 12.1 Å². The minimum Gasteiger partial charge on any atom is -0.396 e. The average molecular weight is 220 g/mol. The molecule has 0 fully saturated rings. The van der Waals surface area contributed by atoms with Gasteiger partial charge < -0.3 is 5.73 Å². The zero-order chi connectivity index (χ0) is 11.7. The maximum absolute atomic E-state index is 13.5. The zero-order valence-electron chi connectivity index (χ0n) is 7.98. The second-order valence-electron chi connectivity index (χ2n) is 3.12. The molecule has 0 aliphatic carbocycles. The van der Waals surface area contributed by atoms with Crippen LogP contribution in [0.25, 0.3) is 5.69 Å². The lowest BCUT2D eigenvalue weighted by Crippen LogP contribution is -2.02. The maximum atomic E-state index is 13.5. The number of nitrogens with two attached hydrogens (primary N) is 1. The average Bonchev–Trinajstić information content (AvgIpc) is 2.63. The zero-order valence-corrected chi connectivity index (χ0v) is 7.98. The van der Waals surface area contributed by atoms with Gasteiger partial charge in [0.15, 0.2) is 11.6 Å². The van der Waals surface area contributed by atoms with Crippen LogP contribution >= 0.6 is 0 Å². The molecule has 0 amide bonds. The molecule has 0 saturated heterocycles. The second-order valence-corrected chi connectivity index (χ2v) is 3.12. The van der Waals surface area contributed by atoms with Crippen molar-refractivity contribution in [2.24, 2.45) is 0 Å². The minimum atomic E-state index is -0.861. The Morgan fingerprint density at radius 2 is 1.94 bits per heavy atom. The molecule has 0 aliphatic heterocycles. The summed E-state index contributed by atoms with van der Waals surface area (Å²) in [6.45, 7) is 0. The lowest BCUT2D eigenvalue weighted by Gasteiger charge is -2.04. The lowest BCUT2D eigenvalue weighted by molar-refractivity contribution is 0.559. The summed E-state index contributed by atoms with van der Waals surface area (Å²) < 4.78 is 28.0. The van der Waals surface area contributed by atoms with E-state index in [4.69, 9.17) is 11.0 Å². The fourth-order valence-corrected chi connectivity index (χ4v) is 1.31. The molecule has 16 heavy (non-hydrogen) atoms. The van der Waals surface area contributed by atoms with Gasteiger partial charge in [0.25, 0.3) is 0 Å². The first-order valence-electron chi connectivity index (χ1n) is 4.31. The van der Waals surface area contributed by atoms with E-state index in [0.29, 0.717) is 5.69 Å². The molecule has 1 heterocycles. The van der Waals surface area contributed by atoms with E-state index in [1.54, 1.807) is 6.07 Å². The molecule has 0 unspecified atom stereocenters. The third kappa shape index (κ3) is 1.59. The molecule has 0 spiro atoms. The van der Waals surface area contributed by atoms with Crippen LogP contribution in [0.5, 0.6) is 0 Å². The number of nitriles is 1. The van der Waals surface area contributed by atoms with Crippen LogP contribution in [0.2, 0.25) is 0 Å². The summed E-state index contributed by atoms with van der Waals surface area (Å²) in [6.07, 6.45) is 2.56. The van der Waals surface area contributed by atoms with E-state index in [2.05, 4.69) is 5.10 Å². The summed E-state index contributed by atoms with van der Waals surface area (Å²) >= 11 is 0. The van der Waals surface area contributed by atoms with Gasteiger partial charge in [-0.2, -0.15) is 10.4 Å². The predicted molar refractivity (Wildman–Crippen MR) is 52.6 cm³/mol. The SMILES string of the molecule is N#Cc1cc(F)c(-n2cc(N)cn2)c(F)c1. The van der Waals surface area contributed by atoms with E-state index in [1.165, 1.54) is 12.4 Å². The Morgan fingerprint density at radius 3 is 2.38 bits per heavy atom. The number of hydrogen-bond donors (Lipinski definition) is 1. The van der Waals surface area contributed by atoms with Gasteiger partial charge in [-0.1, -0.05) is 0 Å². The quantitative estimate of drug-likeness (QED) is 0.793. The van der Waals surface area contributed by atoms with Crippen molar-refractivity contribution in [3.8, 4) is 11.8 Å². The van der Waals surface area contributed by atoms with Crippen LogP contribution in [-0.4, -0.2) is 9.78 Å². The van der Waals surface area contributed by atoms with Gasteiger partial charge in [-0.25, -0.2) is 13.5 Å². The summed E-state index contributed by atoms with van der Waals surface area (Å²) in [5.41, 5.74) is 5.25. The normalized spacial score (nSPS) is 10.1. The van der Waals surface area contributed by atoms with Crippen LogP contribution in [0.4, 0.5) is 14.5 Å². The van der Waals surface area contributed by atoms with Crippen molar-refractivity contribution >= 4 is 5.69 Å². The molecule has 0 atom stereocenters. The number of nitrogen functional groups attached to an aromatic ring is 1. The van der Waals surface area contributed by atoms with Gasteiger partial charge in [0, 0.05) is 0 Å². The Kier molecular flexibility index (Phi) is 2.29. The molecular formula is C10H6F2N4. The highest BCUT2D eigenvalue weighted by Gasteiger charge is 2.13. The van der Waals surface area contributed by atoms with Gasteiger partial charge in [0.2, 0.25) is 0 Å². The Labute approximate surface area is 89.5 Å². The Morgan fingerprint density at radius 1 is 1.31 bits per heavy atom. The summed E-state index contributed by atoms with van der Waals surface area (Å²) in [6, 6.07) is 3.54. The third-order valence-corrected chi connectivity index (χ3v) is 1.98. The van der Waals surface area contributed by atoms with Gasteiger partial charge in [0.05, 0.1) is 29.7 Å². The molecule has 0 radical (unpaired) electrons. The number of benzene rings is 1. The molecule has 6 heteroatoms. The third-order valence-electron chi connectivity index (χ3n) is 1.98. The number of anilines is 1. The largest absolute Gasteiger partial charge is 0.396 e. The van der Waals surface area contributed by atoms with E-state index in [0.717, 1.165) is 16.8 Å². The Hall–Kier alpha value is -2.42. The lowest BCUT2D eigenvalue weighted by atomic mass is 10.2. The molecule has 0 aliphatic rings. The summed E-state index contributed by atoms with van der Waals surface area (Å²) in [5, 5.41) is 12.2. The number of hydrogen-bond acceptors (Lipinski definition) is 3. The van der Waals surface area contributed by atoms with Gasteiger partial charge in [0.1, 0.15) is 5.69 Å². The maximum Gasteiger partial charge on any atom is 0.153 e. The molecule has 0 bridgehead atoms. The van der Waals surface area contributed by atoms with Crippen LogP contribution in [0, 0.1) is 23.0 Å². The van der Waals surface area contributed by atoms with Gasteiger partial charge >= 0.3 is 0 Å². The predicted octanol–water partition coefficient (Wildman–Crippen LogP) is 1.60. The molecule has 80 valence electrons. The topological polar surface area (TPSA) is 67.6 Å².